The van der Waals surface area contributed by atoms with Gasteiger partial charge in [-0.3, -0.25) is 4.79 Å². The van der Waals surface area contributed by atoms with Gasteiger partial charge < -0.3 is 14.3 Å². The van der Waals surface area contributed by atoms with Gasteiger partial charge in [-0.1, -0.05) is 42.9 Å². The van der Waals surface area contributed by atoms with Gasteiger partial charge in [0, 0.05) is 6.42 Å². The number of aliphatic hydroxyl groups is 1. The van der Waals surface area contributed by atoms with Crippen LogP contribution >= 0.6 is 0 Å². The third kappa shape index (κ3) is 8.06. The number of hydrogen-bond donors (Lipinski definition) is 1. The molecule has 4 nitrogen and oxygen atoms in total. The predicted octanol–water partition coefficient (Wildman–Crippen LogP) is 5.78. The molecule has 2 heterocycles. The molecule has 1 aliphatic rings. The minimum atomic E-state index is -0.715. The summed E-state index contributed by atoms with van der Waals surface area (Å²) in [4.78, 5) is 11.5. The average molecular weight is 401 g/mol. The number of carbonyl (C=O) groups excluding carboxylic acids is 1. The molecule has 2 rings (SSSR count). The van der Waals surface area contributed by atoms with Crippen LogP contribution in [0.15, 0.2) is 59.0 Å². The highest BCUT2D eigenvalue weighted by Crippen LogP contribution is 2.27. The van der Waals surface area contributed by atoms with Crippen LogP contribution in [0.5, 0.6) is 0 Å². The summed E-state index contributed by atoms with van der Waals surface area (Å²) in [6, 6.07) is 2.03. The lowest BCUT2D eigenvalue weighted by molar-refractivity contribution is -0.143. The highest BCUT2D eigenvalue weighted by atomic mass is 16.6. The Morgan fingerprint density at radius 3 is 2.79 bits per heavy atom. The summed E-state index contributed by atoms with van der Waals surface area (Å²) < 4.78 is 10.3. The van der Waals surface area contributed by atoms with Gasteiger partial charge in [0.15, 0.2) is 0 Å². The molecule has 0 saturated carbocycles. The number of esters is 1. The smallest absolute Gasteiger partial charge is 0.311 e. The van der Waals surface area contributed by atoms with Gasteiger partial charge in [0.2, 0.25) is 0 Å². The van der Waals surface area contributed by atoms with Crippen molar-refractivity contribution in [3.8, 4) is 0 Å². The maximum atomic E-state index is 11.5. The Bertz CT molecular complexity index is 698. The van der Waals surface area contributed by atoms with E-state index in [0.29, 0.717) is 12.3 Å². The molecule has 1 fully saturated rings. The van der Waals surface area contributed by atoms with Crippen molar-refractivity contribution in [2.75, 3.05) is 0 Å². The van der Waals surface area contributed by atoms with E-state index in [1.54, 1.807) is 13.2 Å². The number of hydrogen-bond acceptors (Lipinski definition) is 4. The fraction of sp³-hybridized carbons (Fsp3) is 0.560. The van der Waals surface area contributed by atoms with E-state index in [9.17, 15) is 9.90 Å². The van der Waals surface area contributed by atoms with Crippen molar-refractivity contribution >= 4 is 5.97 Å². The van der Waals surface area contributed by atoms with Gasteiger partial charge in [-0.05, 0) is 69.9 Å². The van der Waals surface area contributed by atoms with Crippen molar-refractivity contribution in [1.29, 1.82) is 0 Å². The molecule has 0 radical (unpaired) electrons. The normalized spacial score (nSPS) is 23.5. The number of ether oxygens (including phenoxy) is 1. The van der Waals surface area contributed by atoms with Crippen LogP contribution in [0.2, 0.25) is 0 Å². The maximum Gasteiger partial charge on any atom is 0.311 e. The lowest BCUT2D eigenvalue weighted by Crippen LogP contribution is -2.25. The Kier molecular flexibility index (Phi) is 9.46. The Hall–Kier alpha value is -2.07. The number of aliphatic hydroxyl groups excluding tert-OH is 1. The molecule has 1 aliphatic heterocycles. The van der Waals surface area contributed by atoms with E-state index in [4.69, 9.17) is 9.15 Å². The zero-order valence-electron chi connectivity index (χ0n) is 18.1. The zero-order valence-corrected chi connectivity index (χ0v) is 18.1. The molecule has 1 aromatic heterocycles. The lowest BCUT2D eigenvalue weighted by Gasteiger charge is -2.15. The topological polar surface area (TPSA) is 59.7 Å². The summed E-state index contributed by atoms with van der Waals surface area (Å²) >= 11 is 0. The summed E-state index contributed by atoms with van der Waals surface area (Å²) in [5.41, 5.74) is 3.65. The summed E-state index contributed by atoms with van der Waals surface area (Å²) in [7, 11) is 0. The van der Waals surface area contributed by atoms with Crippen molar-refractivity contribution < 1.29 is 19.1 Å². The molecular formula is C25H36O4. The number of allylic oxidation sites excluding steroid dienone is 4. The summed E-state index contributed by atoms with van der Waals surface area (Å²) in [5.74, 6) is -0.178. The van der Waals surface area contributed by atoms with Crippen LogP contribution in [0.3, 0.4) is 0 Å². The zero-order chi connectivity index (χ0) is 21.2. The van der Waals surface area contributed by atoms with Crippen LogP contribution in [0.25, 0.3) is 0 Å². The second-order valence-electron chi connectivity index (χ2n) is 8.46. The fourth-order valence-corrected chi connectivity index (χ4v) is 3.61. The molecule has 4 heteroatoms. The number of carbonyl (C=O) groups is 1. The highest BCUT2D eigenvalue weighted by Gasteiger charge is 2.40. The largest absolute Gasteiger partial charge is 0.472 e. The van der Waals surface area contributed by atoms with E-state index in [-0.39, 0.29) is 5.97 Å². The third-order valence-corrected chi connectivity index (χ3v) is 5.65. The van der Waals surface area contributed by atoms with E-state index in [2.05, 4.69) is 38.7 Å². The number of aryl methyl sites for hydroxylation is 1. The Morgan fingerprint density at radius 2 is 2.14 bits per heavy atom. The first-order chi connectivity index (χ1) is 13.9. The quantitative estimate of drug-likeness (QED) is 0.274. The van der Waals surface area contributed by atoms with Gasteiger partial charge in [-0.25, -0.2) is 0 Å². The Labute approximate surface area is 175 Å². The maximum absolute atomic E-state index is 11.5. The molecule has 0 unspecified atom stereocenters. The van der Waals surface area contributed by atoms with E-state index in [0.717, 1.165) is 31.3 Å². The van der Waals surface area contributed by atoms with Gasteiger partial charge in [0.05, 0.1) is 18.4 Å². The summed E-state index contributed by atoms with van der Waals surface area (Å²) in [6.45, 7) is 10.2. The van der Waals surface area contributed by atoms with Crippen LogP contribution < -0.4 is 0 Å². The van der Waals surface area contributed by atoms with E-state index in [1.165, 1.54) is 24.0 Å². The van der Waals surface area contributed by atoms with E-state index in [1.807, 2.05) is 12.3 Å². The van der Waals surface area contributed by atoms with Crippen LogP contribution in [-0.4, -0.2) is 23.3 Å². The van der Waals surface area contributed by atoms with Gasteiger partial charge >= 0.3 is 5.97 Å². The molecule has 29 heavy (non-hydrogen) atoms. The first-order valence-corrected chi connectivity index (χ1v) is 10.8. The van der Waals surface area contributed by atoms with Crippen molar-refractivity contribution in [3.63, 3.8) is 0 Å². The van der Waals surface area contributed by atoms with Crippen LogP contribution in [0, 0.1) is 11.8 Å². The van der Waals surface area contributed by atoms with Gasteiger partial charge in [0.1, 0.15) is 12.2 Å². The Balaban J connectivity index is 1.59. The number of furan rings is 1. The van der Waals surface area contributed by atoms with Crippen molar-refractivity contribution in [1.82, 2.24) is 0 Å². The van der Waals surface area contributed by atoms with Crippen molar-refractivity contribution in [2.24, 2.45) is 11.8 Å². The summed E-state index contributed by atoms with van der Waals surface area (Å²) in [5, 5.41) is 10.0. The predicted molar refractivity (Wildman–Crippen MR) is 116 cm³/mol. The van der Waals surface area contributed by atoms with Crippen LogP contribution in [-0.2, 0) is 16.0 Å². The van der Waals surface area contributed by atoms with Crippen molar-refractivity contribution in [2.45, 2.75) is 77.9 Å². The molecule has 1 saturated heterocycles. The standard InChI is InChI=1S/C25H36O4/c1-18(8-5-9-19(2)11-7-13-22-14-15-28-17-22)10-6-12-20(3)16-23-24(26)21(4)25(27)29-23/h5,8-9,14-15,17,19,21,23-24,26H,3,6-7,10-13,16H2,1-2,4H3/t19-,21+,23-,24-/m0/s1. The van der Waals surface area contributed by atoms with Crippen LogP contribution in [0.4, 0.5) is 0 Å². The second-order valence-corrected chi connectivity index (χ2v) is 8.46. The number of cyclic esters (lactones) is 1. The molecule has 0 bridgehead atoms. The molecule has 0 aliphatic carbocycles. The van der Waals surface area contributed by atoms with Crippen LogP contribution in [0.1, 0.15) is 64.9 Å². The Morgan fingerprint density at radius 1 is 1.34 bits per heavy atom. The van der Waals surface area contributed by atoms with Gasteiger partial charge in [-0.15, -0.1) is 0 Å². The van der Waals surface area contributed by atoms with E-state index >= 15 is 0 Å². The first-order valence-electron chi connectivity index (χ1n) is 10.8. The van der Waals surface area contributed by atoms with E-state index < -0.39 is 18.1 Å². The minimum absolute atomic E-state index is 0.309. The van der Waals surface area contributed by atoms with Gasteiger partial charge in [0.25, 0.3) is 0 Å². The lowest BCUT2D eigenvalue weighted by atomic mass is 9.96. The monoisotopic (exact) mass is 400 g/mol. The SMILES string of the molecule is C=C(CCCC(C)=CC=C[C@H](C)CCCc1ccoc1)C[C@@H]1OC(=O)[C@H](C)[C@@H]1O. The molecule has 1 N–H and O–H groups in total. The third-order valence-electron chi connectivity index (χ3n) is 5.65. The molecule has 0 spiro atoms. The van der Waals surface area contributed by atoms with Crippen molar-refractivity contribution in [3.05, 3.63) is 60.1 Å². The molecule has 0 aromatic carbocycles. The molecule has 4 atom stereocenters. The second kappa shape index (κ2) is 11.8. The first kappa shape index (κ1) is 23.2. The number of rotatable bonds is 12. The molecule has 160 valence electrons. The fourth-order valence-electron chi connectivity index (χ4n) is 3.61. The molecular weight excluding hydrogens is 364 g/mol. The molecule has 1 aromatic rings. The minimum Gasteiger partial charge on any atom is -0.472 e. The van der Waals surface area contributed by atoms with Gasteiger partial charge in [-0.2, -0.15) is 0 Å². The summed E-state index contributed by atoms with van der Waals surface area (Å²) in [6.07, 6.45) is 15.9. The average Bonchev–Trinajstić information content (AvgIpc) is 3.27. The highest BCUT2D eigenvalue weighted by molar-refractivity contribution is 5.75. The molecule has 0 amide bonds.